The van der Waals surface area contributed by atoms with Crippen LogP contribution in [0.1, 0.15) is 42.7 Å². The molecule has 2 aromatic rings. The van der Waals surface area contributed by atoms with Crippen molar-refractivity contribution in [2.75, 3.05) is 32.8 Å². The minimum Gasteiger partial charge on any atom is -0.488 e. The van der Waals surface area contributed by atoms with Gasteiger partial charge in [0.1, 0.15) is 6.61 Å². The minimum absolute atomic E-state index is 0.0108. The monoisotopic (exact) mass is 460 g/mol. The van der Waals surface area contributed by atoms with Crippen LogP contribution >= 0.6 is 11.3 Å². The fraction of sp³-hybridized carbons (Fsp3) is 0.500. The van der Waals surface area contributed by atoms with Gasteiger partial charge in [-0.15, -0.1) is 11.3 Å². The van der Waals surface area contributed by atoms with Crippen molar-refractivity contribution in [1.29, 1.82) is 0 Å². The molecule has 0 bridgehead atoms. The zero-order valence-electron chi connectivity index (χ0n) is 18.3. The zero-order valence-corrected chi connectivity index (χ0v) is 19.1. The largest absolute Gasteiger partial charge is 0.488 e. The second kappa shape index (κ2) is 10.4. The van der Waals surface area contributed by atoms with Gasteiger partial charge in [-0.05, 0) is 48.4 Å². The number of benzene rings is 1. The van der Waals surface area contributed by atoms with Gasteiger partial charge in [0.2, 0.25) is 11.8 Å². The highest BCUT2D eigenvalue weighted by Crippen LogP contribution is 2.34. The maximum Gasteiger partial charge on any atom is 0.242 e. The van der Waals surface area contributed by atoms with Crippen LogP contribution < -0.4 is 4.74 Å². The molecule has 1 fully saturated rings. The number of fused-ring (bicyclic) bond motifs is 1. The van der Waals surface area contributed by atoms with Crippen LogP contribution in [0.2, 0.25) is 0 Å². The fourth-order valence-corrected chi connectivity index (χ4v) is 5.30. The molecule has 2 amide bonds. The van der Waals surface area contributed by atoms with Gasteiger partial charge in [0, 0.05) is 31.0 Å². The molecule has 1 aromatic carbocycles. The normalized spacial score (nSPS) is 20.1. The summed E-state index contributed by atoms with van der Waals surface area (Å²) in [6.07, 6.45) is 2.98. The number of carbonyl (C=O) groups is 2. The molecule has 0 radical (unpaired) electrons. The van der Waals surface area contributed by atoms with E-state index in [4.69, 9.17) is 9.47 Å². The number of halogens is 1. The predicted octanol–water partition coefficient (Wildman–Crippen LogP) is 3.81. The van der Waals surface area contributed by atoms with E-state index in [0.717, 1.165) is 24.8 Å². The fourth-order valence-electron chi connectivity index (χ4n) is 4.37. The summed E-state index contributed by atoms with van der Waals surface area (Å²) < 4.78 is 25.6. The van der Waals surface area contributed by atoms with Gasteiger partial charge in [-0.25, -0.2) is 4.39 Å². The molecule has 8 heteroatoms. The van der Waals surface area contributed by atoms with E-state index in [1.54, 1.807) is 46.3 Å². The van der Waals surface area contributed by atoms with Crippen molar-refractivity contribution in [3.05, 3.63) is 52.0 Å². The average molecular weight is 461 g/mol. The zero-order chi connectivity index (χ0) is 22.5. The molecule has 2 aliphatic heterocycles. The second-order valence-corrected chi connectivity index (χ2v) is 9.16. The Balaban J connectivity index is 1.49. The molecule has 0 unspecified atom stereocenters. The number of hydrogen-bond acceptors (Lipinski definition) is 5. The maximum atomic E-state index is 14.1. The molecular weight excluding hydrogens is 431 g/mol. The van der Waals surface area contributed by atoms with Crippen molar-refractivity contribution < 1.29 is 23.5 Å². The van der Waals surface area contributed by atoms with Gasteiger partial charge < -0.3 is 19.3 Å². The summed E-state index contributed by atoms with van der Waals surface area (Å²) in [6, 6.07) is 7.96. The number of ether oxygens (including phenoxy) is 2. The summed E-state index contributed by atoms with van der Waals surface area (Å²) in [5.74, 6) is -0.434. The van der Waals surface area contributed by atoms with Gasteiger partial charge in [0.05, 0.1) is 18.7 Å². The van der Waals surface area contributed by atoms with Crippen LogP contribution in [0.5, 0.6) is 5.75 Å². The van der Waals surface area contributed by atoms with Gasteiger partial charge in [0.25, 0.3) is 0 Å². The molecule has 1 aromatic heterocycles. The van der Waals surface area contributed by atoms with Crippen LogP contribution in [0.25, 0.3) is 0 Å². The molecule has 2 aliphatic rings. The third-order valence-corrected chi connectivity index (χ3v) is 7.07. The molecule has 0 saturated carbocycles. The number of carbonyl (C=O) groups excluding carboxylic acids is 2. The summed E-state index contributed by atoms with van der Waals surface area (Å²) >= 11 is 1.66. The molecule has 32 heavy (non-hydrogen) atoms. The summed E-state index contributed by atoms with van der Waals surface area (Å²) in [5.41, 5.74) is 1.04. The molecule has 0 aliphatic carbocycles. The Bertz CT molecular complexity index is 944. The Hall–Kier alpha value is -2.45. The molecular formula is C24H29FN2O4S. The topological polar surface area (TPSA) is 59.1 Å². The Morgan fingerprint density at radius 2 is 2.16 bits per heavy atom. The lowest BCUT2D eigenvalue weighted by Gasteiger charge is -2.37. The third kappa shape index (κ3) is 5.13. The highest BCUT2D eigenvalue weighted by atomic mass is 32.1. The van der Waals surface area contributed by atoms with Crippen molar-refractivity contribution in [3.63, 3.8) is 0 Å². The Morgan fingerprint density at radius 3 is 2.91 bits per heavy atom. The Morgan fingerprint density at radius 1 is 1.31 bits per heavy atom. The van der Waals surface area contributed by atoms with E-state index in [1.165, 1.54) is 10.9 Å². The van der Waals surface area contributed by atoms with E-state index in [1.807, 2.05) is 11.4 Å². The van der Waals surface area contributed by atoms with E-state index in [0.29, 0.717) is 26.1 Å². The predicted molar refractivity (Wildman–Crippen MR) is 120 cm³/mol. The quantitative estimate of drug-likeness (QED) is 0.601. The van der Waals surface area contributed by atoms with Gasteiger partial charge in [-0.2, -0.15) is 0 Å². The standard InChI is InChI=1S/C24H29FN2O4S/c1-2-23(28)26(14-17-6-5-12-30-17)15-24(29)27-11-9-22-18(10-13-32-22)20(27)16-31-21-8-4-3-7-19(21)25/h3-4,7-8,10,13,17,20H,2,5-6,9,11-12,14-16H2,1H3/t17-,20-/m0/s1. The van der Waals surface area contributed by atoms with Crippen molar-refractivity contribution in [1.82, 2.24) is 9.80 Å². The van der Waals surface area contributed by atoms with Crippen molar-refractivity contribution >= 4 is 23.2 Å². The van der Waals surface area contributed by atoms with E-state index in [2.05, 4.69) is 0 Å². The summed E-state index contributed by atoms with van der Waals surface area (Å²) in [7, 11) is 0. The van der Waals surface area contributed by atoms with Gasteiger partial charge in [-0.1, -0.05) is 19.1 Å². The third-order valence-electron chi connectivity index (χ3n) is 6.08. The maximum absolute atomic E-state index is 14.1. The molecule has 6 nitrogen and oxygen atoms in total. The second-order valence-electron chi connectivity index (χ2n) is 8.16. The summed E-state index contributed by atoms with van der Waals surface area (Å²) in [4.78, 5) is 30.5. The van der Waals surface area contributed by atoms with E-state index in [-0.39, 0.29) is 42.9 Å². The molecule has 2 atom stereocenters. The summed E-state index contributed by atoms with van der Waals surface area (Å²) in [5, 5.41) is 2.01. The molecule has 0 spiro atoms. The average Bonchev–Trinajstić information content (AvgIpc) is 3.49. The van der Waals surface area contributed by atoms with Crippen LogP contribution in [-0.4, -0.2) is 60.6 Å². The highest BCUT2D eigenvalue weighted by Gasteiger charge is 2.34. The number of rotatable bonds is 8. The molecule has 1 saturated heterocycles. The van der Waals surface area contributed by atoms with Crippen LogP contribution in [0, 0.1) is 5.82 Å². The van der Waals surface area contributed by atoms with E-state index >= 15 is 0 Å². The first-order valence-electron chi connectivity index (χ1n) is 11.2. The van der Waals surface area contributed by atoms with Crippen molar-refractivity contribution in [3.8, 4) is 5.75 Å². The van der Waals surface area contributed by atoms with Crippen LogP contribution in [0.3, 0.4) is 0 Å². The van der Waals surface area contributed by atoms with Crippen LogP contribution in [0.4, 0.5) is 4.39 Å². The highest BCUT2D eigenvalue weighted by molar-refractivity contribution is 7.10. The SMILES string of the molecule is CCC(=O)N(CC(=O)N1CCc2sccc2[C@@H]1COc1ccccc1F)C[C@@H]1CCCO1. The first kappa shape index (κ1) is 22.7. The number of thiophene rings is 1. The number of nitrogens with zero attached hydrogens (tertiary/aromatic N) is 2. The first-order chi connectivity index (χ1) is 15.6. The molecule has 3 heterocycles. The number of amides is 2. The molecule has 172 valence electrons. The number of hydrogen-bond donors (Lipinski definition) is 0. The van der Waals surface area contributed by atoms with Gasteiger partial charge >= 0.3 is 0 Å². The summed E-state index contributed by atoms with van der Waals surface area (Å²) in [6.45, 7) is 3.67. The lowest BCUT2D eigenvalue weighted by atomic mass is 10.0. The minimum atomic E-state index is -0.428. The van der Waals surface area contributed by atoms with E-state index < -0.39 is 5.82 Å². The molecule has 4 rings (SSSR count). The Kier molecular flexibility index (Phi) is 7.42. The lowest BCUT2D eigenvalue weighted by Crippen LogP contribution is -2.49. The first-order valence-corrected chi connectivity index (χ1v) is 12.1. The van der Waals surface area contributed by atoms with Crippen LogP contribution in [0.15, 0.2) is 35.7 Å². The number of para-hydroxylation sites is 1. The van der Waals surface area contributed by atoms with E-state index in [9.17, 15) is 14.0 Å². The van der Waals surface area contributed by atoms with Crippen molar-refractivity contribution in [2.24, 2.45) is 0 Å². The van der Waals surface area contributed by atoms with Gasteiger partial charge in [-0.3, -0.25) is 9.59 Å². The van der Waals surface area contributed by atoms with Crippen LogP contribution in [-0.2, 0) is 20.7 Å². The van der Waals surface area contributed by atoms with Gasteiger partial charge in [0.15, 0.2) is 11.6 Å². The molecule has 0 N–H and O–H groups in total. The Labute approximate surface area is 191 Å². The smallest absolute Gasteiger partial charge is 0.242 e. The lowest BCUT2D eigenvalue weighted by molar-refractivity contribution is -0.143. The van der Waals surface area contributed by atoms with Crippen molar-refractivity contribution in [2.45, 2.75) is 44.8 Å².